The molecule has 0 aromatic carbocycles. The molecule has 0 fully saturated rings. The zero-order valence-electron chi connectivity index (χ0n) is 51.3. The number of thiol groups is 4. The molecule has 0 saturated heterocycles. The molecule has 0 saturated carbocycles. The van der Waals surface area contributed by atoms with Crippen LogP contribution in [-0.4, -0.2) is 71.3 Å². The first-order chi connectivity index (χ1) is 37.0. The molecule has 0 amide bonds. The summed E-state index contributed by atoms with van der Waals surface area (Å²) < 4.78 is 24.5. The number of hydrogen-bond acceptors (Lipinski definition) is 12. The Morgan fingerprint density at radius 3 is 0.623 bits per heavy atom. The third-order valence-corrected chi connectivity index (χ3v) is 18.1. The molecule has 456 valence electrons. The molecule has 0 aliphatic carbocycles. The Balaban J connectivity index is 6.20. The highest BCUT2D eigenvalue weighted by molar-refractivity contribution is 7.81. The van der Waals surface area contributed by atoms with Gasteiger partial charge in [-0.05, 0) is 77.0 Å². The first kappa shape index (κ1) is 76.3. The fourth-order valence-electron chi connectivity index (χ4n) is 9.88. The molecule has 8 unspecified atom stereocenters. The maximum atomic E-state index is 13.8. The Bertz CT molecular complexity index is 1200. The van der Waals surface area contributed by atoms with Gasteiger partial charge in [0.2, 0.25) is 0 Å². The predicted octanol–water partition coefficient (Wildman–Crippen LogP) is 19.6. The third kappa shape index (κ3) is 44.5. The van der Waals surface area contributed by atoms with Gasteiger partial charge in [0.25, 0.3) is 0 Å². The second-order valence-electron chi connectivity index (χ2n) is 24.1. The van der Waals surface area contributed by atoms with Crippen LogP contribution in [0.15, 0.2) is 0 Å². The fraction of sp³-hybridized carbons (Fsp3) is 0.938. The van der Waals surface area contributed by atoms with Gasteiger partial charge in [-0.25, -0.2) is 0 Å². The van der Waals surface area contributed by atoms with Crippen molar-refractivity contribution in [3.8, 4) is 0 Å². The third-order valence-electron chi connectivity index (χ3n) is 16.0. The van der Waals surface area contributed by atoms with E-state index in [-0.39, 0.29) is 47.4 Å². The van der Waals surface area contributed by atoms with Crippen LogP contribution >= 0.6 is 50.5 Å². The van der Waals surface area contributed by atoms with Crippen molar-refractivity contribution in [2.75, 3.05) is 26.4 Å². The Morgan fingerprint density at radius 1 is 0.273 bits per heavy atom. The van der Waals surface area contributed by atoms with Crippen molar-refractivity contribution >= 4 is 74.4 Å². The highest BCUT2D eigenvalue weighted by atomic mass is 32.1. The zero-order valence-corrected chi connectivity index (χ0v) is 54.9. The number of ether oxygens (including phenoxy) is 4. The van der Waals surface area contributed by atoms with E-state index in [1.54, 1.807) is 0 Å². The van der Waals surface area contributed by atoms with Crippen LogP contribution in [0.2, 0.25) is 0 Å². The summed E-state index contributed by atoms with van der Waals surface area (Å²) in [6, 6.07) is 0. The monoisotopic (exact) mass is 1160 g/mol. The van der Waals surface area contributed by atoms with Crippen LogP contribution in [0.4, 0.5) is 0 Å². The second-order valence-corrected chi connectivity index (χ2v) is 27.0. The molecule has 0 aliphatic heterocycles. The quantitative estimate of drug-likeness (QED) is 0.0207. The molecule has 8 nitrogen and oxygen atoms in total. The standard InChI is InChI=1S/C65H124O8S4/c1-9-13-17-21-25-29-33-37-57(74)45-41-53(5)61(66)70-49-65(50-71-62(67)54(6)42-46-58(75)38-34-30-26-22-18-14-10-2,51-72-63(68)55(7)43-47-59(76)39-35-31-27-23-19-15-11-3)52-73-64(69)56(8)44-48-60(77)40-36-32-28-24-20-16-12-4/h53-60,74-77H,9-52H2,1-8H3. The number of unbranched alkanes of at least 4 members (excludes halogenated alkanes) is 24. The molecular formula is C65H124O8S4. The van der Waals surface area contributed by atoms with Crippen molar-refractivity contribution in [1.82, 2.24) is 0 Å². The first-order valence-electron chi connectivity index (χ1n) is 32.4. The topological polar surface area (TPSA) is 105 Å². The lowest BCUT2D eigenvalue weighted by atomic mass is 9.91. The number of esters is 4. The Kier molecular flexibility index (Phi) is 51.6. The van der Waals surface area contributed by atoms with Gasteiger partial charge in [-0.1, -0.05) is 235 Å². The van der Waals surface area contributed by atoms with E-state index in [9.17, 15) is 19.2 Å². The second kappa shape index (κ2) is 52.1. The van der Waals surface area contributed by atoms with Crippen LogP contribution in [0.5, 0.6) is 0 Å². The summed E-state index contributed by atoms with van der Waals surface area (Å²) >= 11 is 19.5. The Labute approximate surface area is 498 Å². The molecular weight excluding hydrogens is 1040 g/mol. The molecule has 0 spiro atoms. The van der Waals surface area contributed by atoms with Crippen LogP contribution in [0.3, 0.4) is 0 Å². The summed E-state index contributed by atoms with van der Waals surface area (Å²) in [5.41, 5.74) is -1.34. The summed E-state index contributed by atoms with van der Waals surface area (Å²) in [7, 11) is 0. The summed E-state index contributed by atoms with van der Waals surface area (Å²) in [6.45, 7) is 15.4. The normalized spacial score (nSPS) is 15.6. The van der Waals surface area contributed by atoms with Crippen molar-refractivity contribution in [2.45, 2.75) is 333 Å². The van der Waals surface area contributed by atoms with Gasteiger partial charge < -0.3 is 18.9 Å². The summed E-state index contributed by atoms with van der Waals surface area (Å²) in [6.07, 6.45) is 44.5. The van der Waals surface area contributed by atoms with E-state index in [1.807, 2.05) is 27.7 Å². The van der Waals surface area contributed by atoms with Gasteiger partial charge in [-0.3, -0.25) is 19.2 Å². The van der Waals surface area contributed by atoms with Gasteiger partial charge >= 0.3 is 23.9 Å². The molecule has 0 aromatic rings. The van der Waals surface area contributed by atoms with Crippen LogP contribution in [0.25, 0.3) is 0 Å². The molecule has 0 rings (SSSR count). The van der Waals surface area contributed by atoms with E-state index in [0.717, 1.165) is 77.0 Å². The van der Waals surface area contributed by atoms with Crippen LogP contribution in [0.1, 0.15) is 312 Å². The van der Waals surface area contributed by atoms with E-state index in [4.69, 9.17) is 69.5 Å². The van der Waals surface area contributed by atoms with Gasteiger partial charge in [-0.15, -0.1) is 0 Å². The number of carbonyl (C=O) groups excluding carboxylic acids is 4. The molecule has 0 heterocycles. The maximum absolute atomic E-state index is 13.8. The zero-order chi connectivity index (χ0) is 57.4. The van der Waals surface area contributed by atoms with Gasteiger partial charge in [0.15, 0.2) is 0 Å². The van der Waals surface area contributed by atoms with E-state index < -0.39 is 53.0 Å². The minimum Gasteiger partial charge on any atom is -0.464 e. The highest BCUT2D eigenvalue weighted by Crippen LogP contribution is 2.28. The number of rotatable bonds is 56. The minimum absolute atomic E-state index is 0.193. The van der Waals surface area contributed by atoms with E-state index >= 15 is 0 Å². The molecule has 0 aromatic heterocycles. The fourth-order valence-corrected chi connectivity index (χ4v) is 11.2. The highest BCUT2D eigenvalue weighted by Gasteiger charge is 2.40. The van der Waals surface area contributed by atoms with Crippen LogP contribution in [-0.2, 0) is 38.1 Å². The van der Waals surface area contributed by atoms with E-state index in [2.05, 4.69) is 27.7 Å². The Morgan fingerprint density at radius 2 is 0.442 bits per heavy atom. The molecule has 0 N–H and O–H groups in total. The smallest absolute Gasteiger partial charge is 0.308 e. The molecule has 0 aliphatic rings. The van der Waals surface area contributed by atoms with Crippen molar-refractivity contribution < 1.29 is 38.1 Å². The molecule has 77 heavy (non-hydrogen) atoms. The molecule has 8 atom stereocenters. The lowest BCUT2D eigenvalue weighted by Gasteiger charge is -2.33. The Hall–Kier alpha value is -0.720. The van der Waals surface area contributed by atoms with Crippen molar-refractivity contribution in [3.05, 3.63) is 0 Å². The average Bonchev–Trinajstić information content (AvgIpc) is 3.42. The first-order valence-corrected chi connectivity index (χ1v) is 34.5. The number of carbonyl (C=O) groups is 4. The van der Waals surface area contributed by atoms with E-state index in [0.29, 0.717) is 25.7 Å². The van der Waals surface area contributed by atoms with Crippen LogP contribution in [0, 0.1) is 29.1 Å². The number of hydrogen-bond donors (Lipinski definition) is 4. The lowest BCUT2D eigenvalue weighted by molar-refractivity contribution is -0.175. The van der Waals surface area contributed by atoms with Crippen molar-refractivity contribution in [1.29, 1.82) is 0 Å². The maximum Gasteiger partial charge on any atom is 0.308 e. The van der Waals surface area contributed by atoms with Crippen LogP contribution < -0.4 is 0 Å². The van der Waals surface area contributed by atoms with Crippen molar-refractivity contribution in [3.63, 3.8) is 0 Å². The molecule has 12 heteroatoms. The van der Waals surface area contributed by atoms with Gasteiger partial charge in [0.1, 0.15) is 31.8 Å². The van der Waals surface area contributed by atoms with Gasteiger partial charge in [0, 0.05) is 21.0 Å². The van der Waals surface area contributed by atoms with Gasteiger partial charge in [0.05, 0.1) is 23.7 Å². The summed E-state index contributed by atoms with van der Waals surface area (Å²) in [5.74, 6) is -3.23. The molecule has 0 radical (unpaired) electrons. The minimum atomic E-state index is -1.34. The SMILES string of the molecule is CCCCCCCCCC(S)CCC(C)C(=O)OCC(COC(=O)C(C)CCC(S)CCCCCCCCC)(COC(=O)C(C)CCC(S)CCCCCCCCC)COC(=O)C(C)CCC(S)CCCCCCCCC. The van der Waals surface area contributed by atoms with E-state index in [1.165, 1.54) is 154 Å². The summed E-state index contributed by atoms with van der Waals surface area (Å²) in [4.78, 5) is 55.4. The molecule has 0 bridgehead atoms. The largest absolute Gasteiger partial charge is 0.464 e. The predicted molar refractivity (Wildman–Crippen MR) is 341 cm³/mol. The van der Waals surface area contributed by atoms with Crippen molar-refractivity contribution in [2.24, 2.45) is 29.1 Å². The lowest BCUT2D eigenvalue weighted by Crippen LogP contribution is -2.45. The average molecular weight is 1160 g/mol. The summed E-state index contributed by atoms with van der Waals surface area (Å²) in [5, 5.41) is 0.773. The van der Waals surface area contributed by atoms with Gasteiger partial charge in [-0.2, -0.15) is 50.5 Å².